The molecule has 0 aromatic heterocycles. The summed E-state index contributed by atoms with van der Waals surface area (Å²) in [6, 6.07) is 11.0. The Balaban J connectivity index is 1.88. The fraction of sp³-hybridized carbons (Fsp3) is 0.571. The van der Waals surface area contributed by atoms with Crippen LogP contribution in [-0.4, -0.2) is 36.2 Å². The topological polar surface area (TPSA) is 41.6 Å². The molecular weight excluding hydrogens is 312 g/mol. The minimum atomic E-state index is -0.320. The summed E-state index contributed by atoms with van der Waals surface area (Å²) in [5.74, 6) is 0.356. The summed E-state index contributed by atoms with van der Waals surface area (Å²) in [7, 11) is 2.20. The molecule has 0 bridgehead atoms. The molecule has 4 heteroatoms. The number of hydrogen-bond donors (Lipinski definition) is 1. The summed E-state index contributed by atoms with van der Waals surface area (Å²) in [5.41, 5.74) is 1.00. The van der Waals surface area contributed by atoms with Crippen molar-refractivity contribution < 1.29 is 9.53 Å². The Kier molecular flexibility index (Phi) is 7.51. The van der Waals surface area contributed by atoms with Crippen molar-refractivity contribution in [3.63, 3.8) is 0 Å². The maximum atomic E-state index is 12.2. The minimum absolute atomic E-state index is 0.149. The smallest absolute Gasteiger partial charge is 0.407 e. The van der Waals surface area contributed by atoms with Crippen molar-refractivity contribution in [2.45, 2.75) is 64.8 Å². The van der Waals surface area contributed by atoms with E-state index in [0.717, 1.165) is 24.8 Å². The molecule has 1 fully saturated rings. The molecule has 0 spiro atoms. The molecule has 1 aromatic carbocycles. The lowest BCUT2D eigenvalue weighted by atomic mass is 9.80. The second-order valence-electron chi connectivity index (χ2n) is 7.23. The molecule has 1 N–H and O–H groups in total. The van der Waals surface area contributed by atoms with Gasteiger partial charge in [-0.1, -0.05) is 42.5 Å². The van der Waals surface area contributed by atoms with Gasteiger partial charge in [-0.3, -0.25) is 0 Å². The molecule has 1 aliphatic rings. The number of allylic oxidation sites excluding steroid dienone is 1. The predicted molar refractivity (Wildman–Crippen MR) is 102 cm³/mol. The predicted octanol–water partition coefficient (Wildman–Crippen LogP) is 4.37. The van der Waals surface area contributed by atoms with Crippen molar-refractivity contribution >= 4 is 6.09 Å². The lowest BCUT2D eigenvalue weighted by molar-refractivity contribution is 0.106. The average molecular weight is 344 g/mol. The fourth-order valence-corrected chi connectivity index (χ4v) is 3.53. The molecule has 1 aromatic rings. The highest BCUT2D eigenvalue weighted by atomic mass is 16.5. The molecule has 0 aliphatic heterocycles. The maximum absolute atomic E-state index is 12.2. The lowest BCUT2D eigenvalue weighted by Gasteiger charge is -2.40. The first-order valence-corrected chi connectivity index (χ1v) is 9.33. The summed E-state index contributed by atoms with van der Waals surface area (Å²) >= 11 is 0. The Morgan fingerprint density at radius 3 is 2.68 bits per heavy atom. The number of ether oxygens (including phenoxy) is 1. The van der Waals surface area contributed by atoms with Gasteiger partial charge in [-0.05, 0) is 58.6 Å². The van der Waals surface area contributed by atoms with Crippen molar-refractivity contribution in [2.75, 3.05) is 7.05 Å². The molecule has 138 valence electrons. The van der Waals surface area contributed by atoms with Crippen LogP contribution in [0.25, 0.3) is 0 Å². The average Bonchev–Trinajstić information content (AvgIpc) is 2.62. The van der Waals surface area contributed by atoms with Crippen LogP contribution in [0.3, 0.4) is 0 Å². The van der Waals surface area contributed by atoms with Gasteiger partial charge in [0.1, 0.15) is 6.61 Å². The largest absolute Gasteiger partial charge is 0.445 e. The molecule has 1 amide bonds. The van der Waals surface area contributed by atoms with Gasteiger partial charge in [-0.2, -0.15) is 0 Å². The monoisotopic (exact) mass is 344 g/mol. The fourth-order valence-electron chi connectivity index (χ4n) is 3.53. The number of nitrogens with zero attached hydrogens (tertiary/aromatic N) is 1. The second kappa shape index (κ2) is 9.62. The van der Waals surface area contributed by atoms with Crippen LogP contribution >= 0.6 is 0 Å². The molecule has 4 nitrogen and oxygen atoms in total. The van der Waals surface area contributed by atoms with E-state index < -0.39 is 0 Å². The number of carbonyl (C=O) groups excluding carboxylic acids is 1. The van der Waals surface area contributed by atoms with E-state index in [1.807, 2.05) is 37.3 Å². The van der Waals surface area contributed by atoms with Gasteiger partial charge in [0.15, 0.2) is 0 Å². The van der Waals surface area contributed by atoms with Crippen molar-refractivity contribution in [1.29, 1.82) is 0 Å². The number of alkyl carbamates (subject to hydrolysis) is 1. The number of hydrogen-bond acceptors (Lipinski definition) is 3. The normalized spacial score (nSPS) is 24.0. The van der Waals surface area contributed by atoms with E-state index in [2.05, 4.69) is 43.3 Å². The molecule has 2 rings (SSSR count). The second-order valence-corrected chi connectivity index (χ2v) is 7.23. The van der Waals surface area contributed by atoms with E-state index in [0.29, 0.717) is 24.6 Å². The van der Waals surface area contributed by atoms with Crippen LogP contribution in [0.4, 0.5) is 4.79 Å². The summed E-state index contributed by atoms with van der Waals surface area (Å²) < 4.78 is 5.39. The highest BCUT2D eigenvalue weighted by Crippen LogP contribution is 2.29. The molecule has 0 saturated heterocycles. The Hall–Kier alpha value is -1.81. The van der Waals surface area contributed by atoms with Crippen molar-refractivity contribution in [3.8, 4) is 0 Å². The van der Waals surface area contributed by atoms with Crippen LogP contribution in [0.1, 0.15) is 45.6 Å². The zero-order chi connectivity index (χ0) is 18.2. The Morgan fingerprint density at radius 1 is 1.32 bits per heavy atom. The third-order valence-corrected chi connectivity index (χ3v) is 5.22. The lowest BCUT2D eigenvalue weighted by Crippen LogP contribution is -2.49. The summed E-state index contributed by atoms with van der Waals surface area (Å²) in [6.45, 7) is 6.82. The maximum Gasteiger partial charge on any atom is 0.407 e. The Labute approximate surface area is 152 Å². The number of rotatable bonds is 6. The van der Waals surface area contributed by atoms with E-state index in [1.54, 1.807) is 0 Å². The minimum Gasteiger partial charge on any atom is -0.445 e. The number of amides is 1. The van der Waals surface area contributed by atoms with Crippen molar-refractivity contribution in [2.24, 2.45) is 5.92 Å². The van der Waals surface area contributed by atoms with Crippen LogP contribution < -0.4 is 5.32 Å². The summed E-state index contributed by atoms with van der Waals surface area (Å²) in [4.78, 5) is 14.6. The van der Waals surface area contributed by atoms with Gasteiger partial charge in [0.05, 0.1) is 0 Å². The van der Waals surface area contributed by atoms with Gasteiger partial charge in [0.25, 0.3) is 0 Å². The molecule has 3 atom stereocenters. The van der Waals surface area contributed by atoms with Gasteiger partial charge in [0, 0.05) is 18.1 Å². The van der Waals surface area contributed by atoms with Gasteiger partial charge in [-0.25, -0.2) is 4.79 Å². The highest BCUT2D eigenvalue weighted by molar-refractivity contribution is 5.67. The third kappa shape index (κ3) is 5.89. The Bertz CT molecular complexity index is 556. The first-order chi connectivity index (χ1) is 12.0. The molecule has 1 saturated carbocycles. The Morgan fingerprint density at radius 2 is 2.04 bits per heavy atom. The number of benzene rings is 1. The first kappa shape index (κ1) is 19.5. The first-order valence-electron chi connectivity index (χ1n) is 9.33. The van der Waals surface area contributed by atoms with Crippen molar-refractivity contribution in [3.05, 3.63) is 48.0 Å². The van der Waals surface area contributed by atoms with Crippen LogP contribution in [0, 0.1) is 5.92 Å². The highest BCUT2D eigenvalue weighted by Gasteiger charge is 2.32. The van der Waals surface area contributed by atoms with Crippen LogP contribution in [0.15, 0.2) is 42.5 Å². The van der Waals surface area contributed by atoms with E-state index in [9.17, 15) is 4.79 Å². The molecule has 1 aliphatic carbocycles. The van der Waals surface area contributed by atoms with Gasteiger partial charge >= 0.3 is 6.09 Å². The van der Waals surface area contributed by atoms with E-state index in [-0.39, 0.29) is 12.1 Å². The van der Waals surface area contributed by atoms with Gasteiger partial charge < -0.3 is 15.0 Å². The summed E-state index contributed by atoms with van der Waals surface area (Å²) in [5, 5.41) is 3.08. The van der Waals surface area contributed by atoms with Gasteiger partial charge in [-0.15, -0.1) is 0 Å². The zero-order valence-corrected chi connectivity index (χ0v) is 15.9. The standard InChI is InChI=1S/C21H32N2O2/c1-5-9-18-14-19(23(4)16(2)3)12-13-20(18)22-21(24)25-15-17-10-7-6-8-11-17/h5-11,16,18-20H,12-15H2,1-4H3,(H,22,24)/t18-,19+,20-/m0/s1. The van der Waals surface area contributed by atoms with E-state index in [1.165, 1.54) is 0 Å². The molecular formula is C21H32N2O2. The van der Waals surface area contributed by atoms with Crippen LogP contribution in [-0.2, 0) is 11.3 Å². The van der Waals surface area contributed by atoms with Gasteiger partial charge in [0.2, 0.25) is 0 Å². The molecule has 0 unspecified atom stereocenters. The molecule has 0 radical (unpaired) electrons. The van der Waals surface area contributed by atoms with E-state index in [4.69, 9.17) is 4.74 Å². The zero-order valence-electron chi connectivity index (χ0n) is 15.9. The quantitative estimate of drug-likeness (QED) is 0.779. The van der Waals surface area contributed by atoms with Crippen molar-refractivity contribution in [1.82, 2.24) is 10.2 Å². The summed E-state index contributed by atoms with van der Waals surface area (Å²) in [6.07, 6.45) is 7.15. The number of carbonyl (C=O) groups is 1. The number of nitrogens with one attached hydrogen (secondary N) is 1. The molecule has 25 heavy (non-hydrogen) atoms. The van der Waals surface area contributed by atoms with Crippen LogP contribution in [0.5, 0.6) is 0 Å². The van der Waals surface area contributed by atoms with E-state index >= 15 is 0 Å². The van der Waals surface area contributed by atoms with Crippen LogP contribution in [0.2, 0.25) is 0 Å². The SMILES string of the molecule is CC=C[C@H]1C[C@H](N(C)C(C)C)CC[C@@H]1NC(=O)OCc1ccccc1. The third-order valence-electron chi connectivity index (χ3n) is 5.22. The molecule has 0 heterocycles.